The molecule has 1 aromatic rings. The molecule has 0 saturated carbocycles. The smallest absolute Gasteiger partial charge is 0.430 e. The van der Waals surface area contributed by atoms with Gasteiger partial charge < -0.3 is 5.11 Å². The maximum Gasteiger partial charge on any atom is 0.430 e. The Kier molecular flexibility index (Phi) is 1.99. The van der Waals surface area contributed by atoms with E-state index in [2.05, 4.69) is 9.79 Å². The van der Waals surface area contributed by atoms with Gasteiger partial charge in [0.25, 0.3) is 0 Å². The van der Waals surface area contributed by atoms with Crippen LogP contribution in [0.25, 0.3) is 0 Å². The maximum absolute atomic E-state index is 10.8. The Bertz CT molecular complexity index is 396. The van der Waals surface area contributed by atoms with Gasteiger partial charge in [-0.25, -0.2) is 9.59 Å². The molecule has 0 unspecified atom stereocenters. The summed E-state index contributed by atoms with van der Waals surface area (Å²) in [6, 6.07) is -0.590. The lowest BCUT2D eigenvalue weighted by Crippen LogP contribution is -2.63. The predicted molar refractivity (Wildman–Crippen MR) is 43.3 cm³/mol. The van der Waals surface area contributed by atoms with Crippen LogP contribution < -0.4 is 15.4 Å². The molecular weight excluding hydrogens is 190 g/mol. The zero-order valence-corrected chi connectivity index (χ0v) is 7.34. The summed E-state index contributed by atoms with van der Waals surface area (Å²) in [5, 5.41) is 12.7. The van der Waals surface area contributed by atoms with E-state index >= 15 is 0 Å². The zero-order chi connectivity index (χ0) is 10.1. The number of carbonyl (C=O) groups is 1. The van der Waals surface area contributed by atoms with Gasteiger partial charge in [-0.05, 0) is 12.8 Å². The predicted octanol–water partition coefficient (Wildman–Crippen LogP) is -1.56. The Labute approximate surface area is 78.5 Å². The minimum absolute atomic E-state index is 0.527. The van der Waals surface area contributed by atoms with E-state index in [9.17, 15) is 9.59 Å². The molecule has 1 fully saturated rings. The molecule has 1 atom stereocenters. The van der Waals surface area contributed by atoms with Crippen LogP contribution in [0.2, 0.25) is 0 Å². The van der Waals surface area contributed by atoms with E-state index in [1.807, 2.05) is 0 Å². The van der Waals surface area contributed by atoms with Crippen molar-refractivity contribution in [3.63, 3.8) is 0 Å². The average Bonchev–Trinajstić information content (AvgIpc) is 2.70. The summed E-state index contributed by atoms with van der Waals surface area (Å²) < 4.78 is 4.45. The fraction of sp³-hybridized carbons (Fsp3) is 0.571. The second kappa shape index (κ2) is 3.17. The minimum atomic E-state index is -0.892. The summed E-state index contributed by atoms with van der Waals surface area (Å²) in [5.74, 6) is -0.892. The van der Waals surface area contributed by atoms with Crippen molar-refractivity contribution >= 4 is 5.97 Å². The first-order valence-corrected chi connectivity index (χ1v) is 4.28. The molecule has 0 bridgehead atoms. The number of aliphatic carboxylic acids is 1. The molecule has 1 aliphatic heterocycles. The van der Waals surface area contributed by atoms with E-state index in [4.69, 9.17) is 5.11 Å². The van der Waals surface area contributed by atoms with Gasteiger partial charge in [-0.3, -0.25) is 4.52 Å². The molecule has 2 N–H and O–H groups in total. The normalized spacial score (nSPS) is 21.4. The number of carboxylic acid groups (broad SMARTS) is 1. The number of H-pyrrole nitrogens is 1. The van der Waals surface area contributed by atoms with E-state index < -0.39 is 17.6 Å². The fourth-order valence-electron chi connectivity index (χ4n) is 1.63. The van der Waals surface area contributed by atoms with Gasteiger partial charge in [-0.1, -0.05) is 0 Å². The van der Waals surface area contributed by atoms with Crippen molar-refractivity contribution in [3.05, 3.63) is 16.6 Å². The minimum Gasteiger partial charge on any atom is -0.480 e. The van der Waals surface area contributed by atoms with Crippen molar-refractivity contribution in [2.75, 3.05) is 11.6 Å². The first-order chi connectivity index (χ1) is 6.68. The van der Waals surface area contributed by atoms with E-state index in [0.717, 1.165) is 6.42 Å². The lowest BCUT2D eigenvalue weighted by atomic mass is 10.2. The van der Waals surface area contributed by atoms with Crippen LogP contribution in [0.5, 0.6) is 0 Å². The van der Waals surface area contributed by atoms with Gasteiger partial charge in [-0.15, -0.1) is 5.01 Å². The van der Waals surface area contributed by atoms with Gasteiger partial charge in [-0.2, -0.15) is 0 Å². The summed E-state index contributed by atoms with van der Waals surface area (Å²) in [6.45, 7) is 0.594. The van der Waals surface area contributed by atoms with Crippen LogP contribution in [-0.2, 0) is 4.79 Å². The van der Waals surface area contributed by atoms with Crippen molar-refractivity contribution < 1.29 is 19.2 Å². The van der Waals surface area contributed by atoms with Crippen LogP contribution in [0, 0.1) is 0 Å². The molecule has 7 nitrogen and oxygen atoms in total. The summed E-state index contributed by atoms with van der Waals surface area (Å²) >= 11 is 0. The Morgan fingerprint density at radius 2 is 2.57 bits per heavy atom. The Hall–Kier alpha value is -1.79. The van der Waals surface area contributed by atoms with E-state index in [1.54, 1.807) is 5.01 Å². The number of aromatic nitrogens is 2. The van der Waals surface area contributed by atoms with Crippen LogP contribution in [0.15, 0.2) is 15.5 Å². The second-order valence-corrected chi connectivity index (χ2v) is 3.15. The molecule has 0 aromatic carbocycles. The number of rotatable bonds is 2. The van der Waals surface area contributed by atoms with Gasteiger partial charge in [0.1, 0.15) is 0 Å². The topological polar surface area (TPSA) is 90.4 Å². The van der Waals surface area contributed by atoms with E-state index in [-0.39, 0.29) is 0 Å². The number of carboxylic acids is 1. The standard InChI is InChI=1S/C7H9N3O4/c11-6-4-10(8-14-6)9-3-1-2-5(9)7(12)13/h4-5H,1-3H2,(H-,8,11,12,13)/p+1/t5-/m0/s1. The highest BCUT2D eigenvalue weighted by Crippen LogP contribution is 2.11. The molecule has 0 radical (unpaired) electrons. The fourth-order valence-corrected chi connectivity index (χ4v) is 1.63. The van der Waals surface area contributed by atoms with Gasteiger partial charge in [0.15, 0.2) is 6.04 Å². The highest BCUT2D eigenvalue weighted by Gasteiger charge is 2.37. The van der Waals surface area contributed by atoms with Gasteiger partial charge in [0.2, 0.25) is 0 Å². The van der Waals surface area contributed by atoms with Gasteiger partial charge in [0.05, 0.1) is 6.54 Å². The number of aromatic amines is 1. The van der Waals surface area contributed by atoms with Gasteiger partial charge in [0, 0.05) is 10.1 Å². The van der Waals surface area contributed by atoms with Crippen molar-refractivity contribution in [1.82, 2.24) is 5.27 Å². The molecular formula is C7H10N3O4+. The molecule has 2 heterocycles. The molecule has 7 heteroatoms. The SMILES string of the molecule is O=C(O)[C@@H]1CCCN1[n+]1cc(=O)o[nH]1. The van der Waals surface area contributed by atoms with Gasteiger partial charge >= 0.3 is 17.8 Å². The molecule has 0 amide bonds. The van der Waals surface area contributed by atoms with Crippen molar-refractivity contribution in [2.45, 2.75) is 18.9 Å². The molecule has 0 aliphatic carbocycles. The van der Waals surface area contributed by atoms with Crippen molar-refractivity contribution in [1.29, 1.82) is 0 Å². The Morgan fingerprint density at radius 3 is 3.14 bits per heavy atom. The molecule has 1 aromatic heterocycles. The molecule has 0 spiro atoms. The molecule has 76 valence electrons. The highest BCUT2D eigenvalue weighted by molar-refractivity contribution is 5.75. The third-order valence-electron chi connectivity index (χ3n) is 2.25. The third kappa shape index (κ3) is 1.36. The monoisotopic (exact) mass is 200 g/mol. The van der Waals surface area contributed by atoms with E-state index in [1.165, 1.54) is 11.0 Å². The first kappa shape index (κ1) is 8.79. The maximum atomic E-state index is 10.8. The number of hydrogen-bond donors (Lipinski definition) is 2. The summed E-state index contributed by atoms with van der Waals surface area (Å²) in [7, 11) is 0. The zero-order valence-electron chi connectivity index (χ0n) is 7.34. The quantitative estimate of drug-likeness (QED) is 0.563. The molecule has 1 aliphatic rings. The number of hydrogen-bond acceptors (Lipinski definition) is 4. The van der Waals surface area contributed by atoms with Crippen LogP contribution in [0.3, 0.4) is 0 Å². The van der Waals surface area contributed by atoms with Crippen molar-refractivity contribution in [2.24, 2.45) is 0 Å². The van der Waals surface area contributed by atoms with E-state index in [0.29, 0.717) is 13.0 Å². The summed E-state index contributed by atoms with van der Waals surface area (Å²) in [6.07, 6.45) is 2.55. The van der Waals surface area contributed by atoms with Crippen LogP contribution >= 0.6 is 0 Å². The van der Waals surface area contributed by atoms with Crippen molar-refractivity contribution in [3.8, 4) is 0 Å². The molecule has 1 saturated heterocycles. The lowest BCUT2D eigenvalue weighted by Gasteiger charge is -2.11. The largest absolute Gasteiger partial charge is 0.480 e. The molecule has 2 rings (SSSR count). The average molecular weight is 200 g/mol. The van der Waals surface area contributed by atoms with Crippen LogP contribution in [0.4, 0.5) is 0 Å². The highest BCUT2D eigenvalue weighted by atomic mass is 16.5. The Morgan fingerprint density at radius 1 is 1.79 bits per heavy atom. The first-order valence-electron chi connectivity index (χ1n) is 4.28. The third-order valence-corrected chi connectivity index (χ3v) is 2.25. The van der Waals surface area contributed by atoms with Crippen LogP contribution in [-0.4, -0.2) is 28.9 Å². The second-order valence-electron chi connectivity index (χ2n) is 3.15. The summed E-state index contributed by atoms with van der Waals surface area (Å²) in [4.78, 5) is 22.8. The number of nitrogens with zero attached hydrogens (tertiary/aromatic N) is 2. The lowest BCUT2D eigenvalue weighted by molar-refractivity contribution is -0.759. The molecule has 14 heavy (non-hydrogen) atoms. The Balaban J connectivity index is 2.25. The summed E-state index contributed by atoms with van der Waals surface area (Å²) in [5.41, 5.74) is -0.527. The van der Waals surface area contributed by atoms with Crippen LogP contribution in [0.1, 0.15) is 12.8 Å². The number of nitrogens with one attached hydrogen (secondary N) is 1.